The van der Waals surface area contributed by atoms with E-state index in [9.17, 15) is 9.18 Å². The highest BCUT2D eigenvalue weighted by molar-refractivity contribution is 6.02. The molecule has 0 aliphatic carbocycles. The van der Waals surface area contributed by atoms with Gasteiger partial charge in [0.25, 0.3) is 5.91 Å². The normalized spacial score (nSPS) is 14.1. The lowest BCUT2D eigenvalue weighted by Gasteiger charge is -2.26. The maximum Gasteiger partial charge on any atom is 0.272 e. The summed E-state index contributed by atoms with van der Waals surface area (Å²) >= 11 is 0. The second kappa shape index (κ2) is 8.07. The average molecular weight is 393 g/mol. The van der Waals surface area contributed by atoms with Gasteiger partial charge in [-0.3, -0.25) is 4.79 Å². The van der Waals surface area contributed by atoms with Crippen molar-refractivity contribution in [3.63, 3.8) is 0 Å². The first-order valence-corrected chi connectivity index (χ1v) is 9.87. The summed E-state index contributed by atoms with van der Waals surface area (Å²) < 4.78 is 19.5. The number of benzene rings is 2. The molecular formula is C23H24FN3O2. The van der Waals surface area contributed by atoms with Gasteiger partial charge in [0, 0.05) is 24.2 Å². The van der Waals surface area contributed by atoms with Gasteiger partial charge in [-0.05, 0) is 56.0 Å². The van der Waals surface area contributed by atoms with E-state index in [1.54, 1.807) is 26.2 Å². The predicted molar refractivity (Wildman–Crippen MR) is 112 cm³/mol. The number of carbonyl (C=O) groups excluding carboxylic acids is 1. The van der Waals surface area contributed by atoms with Gasteiger partial charge in [-0.1, -0.05) is 18.2 Å². The molecule has 6 heteroatoms. The number of para-hydroxylation sites is 1. The lowest BCUT2D eigenvalue weighted by molar-refractivity contribution is 0.0719. The van der Waals surface area contributed by atoms with Crippen molar-refractivity contribution in [3.05, 3.63) is 59.5 Å². The monoisotopic (exact) mass is 393 g/mol. The van der Waals surface area contributed by atoms with Crippen LogP contribution in [0, 0.1) is 12.7 Å². The smallest absolute Gasteiger partial charge is 0.272 e. The molecule has 4 rings (SSSR count). The molecule has 0 atom stereocenters. The van der Waals surface area contributed by atoms with Crippen LogP contribution in [0.2, 0.25) is 0 Å². The Balaban J connectivity index is 1.80. The van der Waals surface area contributed by atoms with E-state index in [-0.39, 0.29) is 11.7 Å². The molecule has 0 saturated carbocycles. The van der Waals surface area contributed by atoms with E-state index >= 15 is 0 Å². The molecule has 2 heterocycles. The fourth-order valence-electron chi connectivity index (χ4n) is 3.68. The number of halogens is 1. The SMILES string of the molecule is COc1cccc2c(Nc3ccc(C)c(F)c3)cc(C(=O)N3CCCCC3)nc12. The minimum absolute atomic E-state index is 0.0874. The molecule has 1 aliphatic rings. The summed E-state index contributed by atoms with van der Waals surface area (Å²) in [6.45, 7) is 3.22. The van der Waals surface area contributed by atoms with Gasteiger partial charge < -0.3 is 15.0 Å². The minimum Gasteiger partial charge on any atom is -0.494 e. The number of aryl methyl sites for hydroxylation is 1. The van der Waals surface area contributed by atoms with Crippen molar-refractivity contribution in [3.8, 4) is 5.75 Å². The number of nitrogens with zero attached hydrogens (tertiary/aromatic N) is 2. The molecule has 1 fully saturated rings. The number of pyridine rings is 1. The Kier molecular flexibility index (Phi) is 5.34. The zero-order valence-electron chi connectivity index (χ0n) is 16.7. The highest BCUT2D eigenvalue weighted by atomic mass is 19.1. The van der Waals surface area contributed by atoms with Crippen molar-refractivity contribution in [1.29, 1.82) is 0 Å². The summed E-state index contributed by atoms with van der Waals surface area (Å²) in [7, 11) is 1.58. The van der Waals surface area contributed by atoms with Crippen molar-refractivity contribution < 1.29 is 13.9 Å². The van der Waals surface area contributed by atoms with Crippen molar-refractivity contribution in [2.75, 3.05) is 25.5 Å². The highest BCUT2D eigenvalue weighted by Crippen LogP contribution is 2.32. The second-order valence-corrected chi connectivity index (χ2v) is 7.35. The Hall–Kier alpha value is -3.15. The summed E-state index contributed by atoms with van der Waals surface area (Å²) in [6.07, 6.45) is 3.17. The van der Waals surface area contributed by atoms with E-state index in [0.717, 1.165) is 37.7 Å². The van der Waals surface area contributed by atoms with E-state index in [4.69, 9.17) is 4.74 Å². The molecule has 1 saturated heterocycles. The molecule has 2 aromatic carbocycles. The lowest BCUT2D eigenvalue weighted by Crippen LogP contribution is -2.36. The van der Waals surface area contributed by atoms with Gasteiger partial charge >= 0.3 is 0 Å². The number of carbonyl (C=O) groups is 1. The van der Waals surface area contributed by atoms with E-state index in [0.29, 0.717) is 33.9 Å². The molecule has 150 valence electrons. The lowest BCUT2D eigenvalue weighted by atomic mass is 10.1. The number of nitrogens with one attached hydrogen (secondary N) is 1. The molecule has 0 radical (unpaired) electrons. The number of anilines is 2. The molecule has 0 spiro atoms. The van der Waals surface area contributed by atoms with Crippen LogP contribution in [0.3, 0.4) is 0 Å². The van der Waals surface area contributed by atoms with Crippen LogP contribution in [-0.4, -0.2) is 36.0 Å². The third-order valence-corrected chi connectivity index (χ3v) is 5.34. The summed E-state index contributed by atoms with van der Waals surface area (Å²) in [5, 5.41) is 4.06. The average Bonchev–Trinajstić information content (AvgIpc) is 2.76. The van der Waals surface area contributed by atoms with Crippen LogP contribution in [0.15, 0.2) is 42.5 Å². The van der Waals surface area contributed by atoms with Gasteiger partial charge in [0.1, 0.15) is 22.8 Å². The van der Waals surface area contributed by atoms with E-state index in [1.165, 1.54) is 6.07 Å². The van der Waals surface area contributed by atoms with Crippen molar-refractivity contribution in [2.24, 2.45) is 0 Å². The standard InChI is InChI=1S/C23H24FN3O2/c1-15-9-10-16(13-18(15)24)25-19-14-20(23(28)27-11-4-3-5-12-27)26-22-17(19)7-6-8-21(22)29-2/h6-10,13-14H,3-5,11-12H2,1-2H3,(H,25,26). The van der Waals surface area contributed by atoms with Crippen LogP contribution in [0.25, 0.3) is 10.9 Å². The Bertz CT molecular complexity index is 1060. The molecule has 3 aromatic rings. The Morgan fingerprint density at radius 1 is 1.14 bits per heavy atom. The largest absolute Gasteiger partial charge is 0.494 e. The van der Waals surface area contributed by atoms with Crippen LogP contribution in [0.1, 0.15) is 35.3 Å². The topological polar surface area (TPSA) is 54.5 Å². The van der Waals surface area contributed by atoms with Gasteiger partial charge in [0.2, 0.25) is 0 Å². The number of rotatable bonds is 4. The van der Waals surface area contributed by atoms with Crippen LogP contribution < -0.4 is 10.1 Å². The first kappa shape index (κ1) is 19.2. The number of aromatic nitrogens is 1. The third-order valence-electron chi connectivity index (χ3n) is 5.34. The summed E-state index contributed by atoms with van der Waals surface area (Å²) in [5.74, 6) is 0.222. The number of fused-ring (bicyclic) bond motifs is 1. The van der Waals surface area contributed by atoms with Crippen molar-refractivity contribution in [1.82, 2.24) is 9.88 Å². The number of hydrogen-bond donors (Lipinski definition) is 1. The van der Waals surface area contributed by atoms with E-state index < -0.39 is 0 Å². The van der Waals surface area contributed by atoms with Crippen LogP contribution in [0.5, 0.6) is 5.75 Å². The first-order valence-electron chi connectivity index (χ1n) is 9.87. The van der Waals surface area contributed by atoms with Gasteiger partial charge in [0.15, 0.2) is 0 Å². The zero-order valence-corrected chi connectivity index (χ0v) is 16.7. The third kappa shape index (κ3) is 3.88. The zero-order chi connectivity index (χ0) is 20.4. The number of piperidine rings is 1. The maximum absolute atomic E-state index is 14.0. The van der Waals surface area contributed by atoms with Crippen molar-refractivity contribution in [2.45, 2.75) is 26.2 Å². The Morgan fingerprint density at radius 2 is 1.93 bits per heavy atom. The maximum atomic E-state index is 14.0. The van der Waals surface area contributed by atoms with E-state index in [1.807, 2.05) is 29.2 Å². The predicted octanol–water partition coefficient (Wildman–Crippen LogP) is 5.06. The van der Waals surface area contributed by atoms with Crippen LogP contribution >= 0.6 is 0 Å². The molecule has 29 heavy (non-hydrogen) atoms. The number of amides is 1. The number of likely N-dealkylation sites (tertiary alicyclic amines) is 1. The quantitative estimate of drug-likeness (QED) is 0.673. The Morgan fingerprint density at radius 3 is 2.66 bits per heavy atom. The highest BCUT2D eigenvalue weighted by Gasteiger charge is 2.21. The number of methoxy groups -OCH3 is 1. The summed E-state index contributed by atoms with van der Waals surface area (Å²) in [4.78, 5) is 19.6. The molecule has 1 N–H and O–H groups in total. The minimum atomic E-state index is -0.282. The second-order valence-electron chi connectivity index (χ2n) is 7.35. The molecular weight excluding hydrogens is 369 g/mol. The Labute approximate surface area is 169 Å². The number of ether oxygens (including phenoxy) is 1. The van der Waals surface area contributed by atoms with Gasteiger partial charge in [-0.2, -0.15) is 0 Å². The summed E-state index contributed by atoms with van der Waals surface area (Å²) in [6, 6.07) is 12.3. The fraction of sp³-hybridized carbons (Fsp3) is 0.304. The molecule has 1 aromatic heterocycles. The molecule has 1 aliphatic heterocycles. The van der Waals surface area contributed by atoms with Crippen molar-refractivity contribution >= 4 is 28.2 Å². The van der Waals surface area contributed by atoms with Gasteiger partial charge in [-0.15, -0.1) is 0 Å². The number of hydrogen-bond acceptors (Lipinski definition) is 4. The van der Waals surface area contributed by atoms with E-state index in [2.05, 4.69) is 10.3 Å². The molecule has 0 unspecified atom stereocenters. The van der Waals surface area contributed by atoms with Crippen LogP contribution in [-0.2, 0) is 0 Å². The molecule has 5 nitrogen and oxygen atoms in total. The molecule has 0 bridgehead atoms. The summed E-state index contributed by atoms with van der Waals surface area (Å²) in [5.41, 5.74) is 2.85. The fourth-order valence-corrected chi connectivity index (χ4v) is 3.68. The first-order chi connectivity index (χ1) is 14.1. The van der Waals surface area contributed by atoms with Crippen LogP contribution in [0.4, 0.5) is 15.8 Å². The molecule has 1 amide bonds. The van der Waals surface area contributed by atoms with Gasteiger partial charge in [0.05, 0.1) is 12.8 Å². The van der Waals surface area contributed by atoms with Gasteiger partial charge in [-0.25, -0.2) is 9.37 Å².